The number of aromatic nitrogens is 2. The zero-order valence-corrected chi connectivity index (χ0v) is 12.3. The standard InChI is InChI=1S/C13H20N6O3/c20-13(10-18-6-2-12(15-18)19(21)22)17-5-1-11(9-17)16-7-3-14-4-8-16/h2,6,11,14H,1,3-5,7-10H2. The van der Waals surface area contributed by atoms with E-state index in [-0.39, 0.29) is 18.3 Å². The Kier molecular flexibility index (Phi) is 4.34. The zero-order valence-electron chi connectivity index (χ0n) is 12.3. The molecule has 0 spiro atoms. The predicted octanol–water partition coefficient (Wildman–Crippen LogP) is -0.703. The van der Waals surface area contributed by atoms with Gasteiger partial charge in [0.1, 0.15) is 6.54 Å². The SMILES string of the molecule is O=C(Cn1ccc([N+](=O)[O-])n1)N1CCC(N2CCNCC2)C1. The van der Waals surface area contributed by atoms with Gasteiger partial charge in [0.25, 0.3) is 0 Å². The number of nitro groups is 1. The van der Waals surface area contributed by atoms with Crippen LogP contribution < -0.4 is 5.32 Å². The minimum Gasteiger partial charge on any atom is -0.358 e. The van der Waals surface area contributed by atoms with Crippen molar-refractivity contribution in [3.05, 3.63) is 22.4 Å². The number of carbonyl (C=O) groups excluding carboxylic acids is 1. The number of hydrogen-bond acceptors (Lipinski definition) is 6. The van der Waals surface area contributed by atoms with Crippen molar-refractivity contribution in [3.8, 4) is 0 Å². The molecule has 0 radical (unpaired) electrons. The Morgan fingerprint density at radius 3 is 2.86 bits per heavy atom. The number of likely N-dealkylation sites (tertiary alicyclic amines) is 1. The monoisotopic (exact) mass is 308 g/mol. The number of nitrogens with one attached hydrogen (secondary N) is 1. The molecule has 1 aromatic rings. The first-order valence-corrected chi connectivity index (χ1v) is 7.54. The van der Waals surface area contributed by atoms with Gasteiger partial charge in [-0.15, -0.1) is 0 Å². The summed E-state index contributed by atoms with van der Waals surface area (Å²) >= 11 is 0. The maximum atomic E-state index is 12.3. The van der Waals surface area contributed by atoms with E-state index in [2.05, 4.69) is 15.3 Å². The quantitative estimate of drug-likeness (QED) is 0.583. The highest BCUT2D eigenvalue weighted by Crippen LogP contribution is 2.17. The largest absolute Gasteiger partial charge is 0.389 e. The minimum absolute atomic E-state index is 0.0318. The van der Waals surface area contributed by atoms with Crippen molar-refractivity contribution in [2.24, 2.45) is 0 Å². The van der Waals surface area contributed by atoms with Crippen molar-refractivity contribution in [1.29, 1.82) is 0 Å². The molecule has 22 heavy (non-hydrogen) atoms. The van der Waals surface area contributed by atoms with Crippen LogP contribution in [0.4, 0.5) is 5.82 Å². The molecule has 0 bridgehead atoms. The van der Waals surface area contributed by atoms with E-state index < -0.39 is 4.92 Å². The van der Waals surface area contributed by atoms with Crippen LogP contribution in [0.25, 0.3) is 0 Å². The summed E-state index contributed by atoms with van der Waals surface area (Å²) in [6, 6.07) is 1.74. The van der Waals surface area contributed by atoms with Crippen LogP contribution in [0.15, 0.2) is 12.3 Å². The molecule has 1 aromatic heterocycles. The third-order valence-corrected chi connectivity index (χ3v) is 4.29. The average Bonchev–Trinajstić information content (AvgIpc) is 3.17. The van der Waals surface area contributed by atoms with Crippen LogP contribution in [0.1, 0.15) is 6.42 Å². The van der Waals surface area contributed by atoms with E-state index in [0.717, 1.165) is 45.7 Å². The van der Waals surface area contributed by atoms with E-state index in [4.69, 9.17) is 0 Å². The fourth-order valence-electron chi connectivity index (χ4n) is 3.09. The van der Waals surface area contributed by atoms with Crippen molar-refractivity contribution in [2.75, 3.05) is 39.3 Å². The Balaban J connectivity index is 1.53. The Labute approximate surface area is 128 Å². The summed E-state index contributed by atoms with van der Waals surface area (Å²) in [6.07, 6.45) is 2.46. The molecule has 1 N–H and O–H groups in total. The van der Waals surface area contributed by atoms with Gasteiger partial charge in [-0.25, -0.2) is 0 Å². The summed E-state index contributed by atoms with van der Waals surface area (Å²) in [6.45, 7) is 5.60. The predicted molar refractivity (Wildman–Crippen MR) is 78.3 cm³/mol. The molecule has 0 saturated carbocycles. The molecule has 2 aliphatic heterocycles. The number of nitrogens with zero attached hydrogens (tertiary/aromatic N) is 5. The maximum absolute atomic E-state index is 12.3. The molecule has 3 heterocycles. The third kappa shape index (κ3) is 3.25. The van der Waals surface area contributed by atoms with Crippen molar-refractivity contribution >= 4 is 11.7 Å². The highest BCUT2D eigenvalue weighted by atomic mass is 16.6. The number of rotatable bonds is 4. The molecule has 2 fully saturated rings. The molecule has 0 aromatic carbocycles. The lowest BCUT2D eigenvalue weighted by Gasteiger charge is -2.32. The van der Waals surface area contributed by atoms with Gasteiger partial charge in [0.05, 0.1) is 17.4 Å². The molecular formula is C13H20N6O3. The van der Waals surface area contributed by atoms with E-state index in [1.165, 1.54) is 16.9 Å². The lowest BCUT2D eigenvalue weighted by Crippen LogP contribution is -2.49. The van der Waals surface area contributed by atoms with E-state index in [1.807, 2.05) is 4.90 Å². The molecule has 1 amide bonds. The number of hydrogen-bond donors (Lipinski definition) is 1. The molecule has 2 saturated heterocycles. The second kappa shape index (κ2) is 6.41. The van der Waals surface area contributed by atoms with Crippen molar-refractivity contribution in [1.82, 2.24) is 24.9 Å². The Hall–Kier alpha value is -2.00. The van der Waals surface area contributed by atoms with Crippen molar-refractivity contribution in [2.45, 2.75) is 19.0 Å². The van der Waals surface area contributed by atoms with Gasteiger partial charge < -0.3 is 20.3 Å². The lowest BCUT2D eigenvalue weighted by molar-refractivity contribution is -0.389. The van der Waals surface area contributed by atoms with Gasteiger partial charge in [-0.05, 0) is 11.3 Å². The van der Waals surface area contributed by atoms with Crippen LogP contribution in [-0.4, -0.2) is 75.7 Å². The fraction of sp³-hybridized carbons (Fsp3) is 0.692. The Morgan fingerprint density at radius 2 is 2.18 bits per heavy atom. The molecule has 120 valence electrons. The number of piperazine rings is 1. The van der Waals surface area contributed by atoms with Crippen molar-refractivity contribution in [3.63, 3.8) is 0 Å². The summed E-state index contributed by atoms with van der Waals surface area (Å²) in [7, 11) is 0. The van der Waals surface area contributed by atoms with E-state index in [0.29, 0.717) is 6.04 Å². The van der Waals surface area contributed by atoms with E-state index in [9.17, 15) is 14.9 Å². The maximum Gasteiger partial charge on any atom is 0.389 e. The molecular weight excluding hydrogens is 288 g/mol. The molecule has 2 aliphatic rings. The Morgan fingerprint density at radius 1 is 1.41 bits per heavy atom. The van der Waals surface area contributed by atoms with E-state index >= 15 is 0 Å². The van der Waals surface area contributed by atoms with Crippen LogP contribution in [0.5, 0.6) is 0 Å². The average molecular weight is 308 g/mol. The van der Waals surface area contributed by atoms with Crippen LogP contribution in [0.3, 0.4) is 0 Å². The normalized spacial score (nSPS) is 22.9. The lowest BCUT2D eigenvalue weighted by atomic mass is 10.2. The van der Waals surface area contributed by atoms with Gasteiger partial charge in [-0.2, -0.15) is 4.68 Å². The fourth-order valence-corrected chi connectivity index (χ4v) is 3.09. The molecule has 3 rings (SSSR count). The van der Waals surface area contributed by atoms with Gasteiger partial charge in [0, 0.05) is 45.3 Å². The van der Waals surface area contributed by atoms with Crippen LogP contribution in [0.2, 0.25) is 0 Å². The summed E-state index contributed by atoms with van der Waals surface area (Å²) in [5, 5.41) is 17.7. The van der Waals surface area contributed by atoms with Crippen LogP contribution in [-0.2, 0) is 11.3 Å². The first-order chi connectivity index (χ1) is 10.6. The van der Waals surface area contributed by atoms with Gasteiger partial charge in [-0.3, -0.25) is 9.69 Å². The second-order valence-corrected chi connectivity index (χ2v) is 5.70. The van der Waals surface area contributed by atoms with Gasteiger partial charge in [-0.1, -0.05) is 0 Å². The molecule has 0 aliphatic carbocycles. The minimum atomic E-state index is -0.558. The third-order valence-electron chi connectivity index (χ3n) is 4.29. The van der Waals surface area contributed by atoms with Gasteiger partial charge in [0.2, 0.25) is 5.91 Å². The molecule has 9 nitrogen and oxygen atoms in total. The summed E-state index contributed by atoms with van der Waals surface area (Å²) in [5.74, 6) is -0.261. The number of carbonyl (C=O) groups is 1. The first-order valence-electron chi connectivity index (χ1n) is 7.54. The first kappa shape index (κ1) is 14.9. The number of amides is 1. The van der Waals surface area contributed by atoms with Gasteiger partial charge in [0.15, 0.2) is 0 Å². The summed E-state index contributed by atoms with van der Waals surface area (Å²) in [4.78, 5) is 26.6. The van der Waals surface area contributed by atoms with Crippen LogP contribution in [0, 0.1) is 10.1 Å². The smallest absolute Gasteiger partial charge is 0.358 e. The highest BCUT2D eigenvalue weighted by Gasteiger charge is 2.31. The van der Waals surface area contributed by atoms with Crippen LogP contribution >= 0.6 is 0 Å². The zero-order chi connectivity index (χ0) is 15.5. The van der Waals surface area contributed by atoms with Crippen molar-refractivity contribution < 1.29 is 9.72 Å². The molecule has 9 heteroatoms. The second-order valence-electron chi connectivity index (χ2n) is 5.70. The van der Waals surface area contributed by atoms with Gasteiger partial charge >= 0.3 is 5.82 Å². The molecule has 1 unspecified atom stereocenters. The molecule has 1 atom stereocenters. The summed E-state index contributed by atoms with van der Waals surface area (Å²) < 4.78 is 1.33. The van der Waals surface area contributed by atoms with E-state index in [1.54, 1.807) is 0 Å². The Bertz CT molecular complexity index is 554. The highest BCUT2D eigenvalue weighted by molar-refractivity contribution is 5.76. The summed E-state index contributed by atoms with van der Waals surface area (Å²) in [5.41, 5.74) is 0. The topological polar surface area (TPSA) is 96.5 Å².